The molecule has 5 N–H and O–H groups in total. The van der Waals surface area contributed by atoms with Crippen LogP contribution in [-0.2, 0) is 33.4 Å². The summed E-state index contributed by atoms with van der Waals surface area (Å²) in [5.74, 6) is -3.31. The van der Waals surface area contributed by atoms with Gasteiger partial charge in [-0.2, -0.15) is 0 Å². The second-order valence-electron chi connectivity index (χ2n) is 6.71. The van der Waals surface area contributed by atoms with Crippen LogP contribution >= 0.6 is 0 Å². The molecular formula is C17H30N2O10. The Kier molecular flexibility index (Phi) is 13.8. The second kappa shape index (κ2) is 14.2. The van der Waals surface area contributed by atoms with Crippen molar-refractivity contribution in [2.24, 2.45) is 5.73 Å². The Bertz CT molecular complexity index is 571. The van der Waals surface area contributed by atoms with E-state index in [0.717, 1.165) is 0 Å². The van der Waals surface area contributed by atoms with Crippen molar-refractivity contribution in [2.75, 3.05) is 14.2 Å². The third kappa shape index (κ3) is 17.0. The quantitative estimate of drug-likeness (QED) is 0.294. The summed E-state index contributed by atoms with van der Waals surface area (Å²) < 4.78 is 13.6. The second-order valence-corrected chi connectivity index (χ2v) is 6.71. The Morgan fingerprint density at radius 1 is 0.897 bits per heavy atom. The predicted molar refractivity (Wildman–Crippen MR) is 98.9 cm³/mol. The van der Waals surface area contributed by atoms with Crippen molar-refractivity contribution in [1.29, 1.82) is 0 Å². The fraction of sp³-hybridized carbons (Fsp3) is 0.706. The van der Waals surface area contributed by atoms with Gasteiger partial charge in [0.1, 0.15) is 17.7 Å². The van der Waals surface area contributed by atoms with E-state index in [1.807, 2.05) is 0 Å². The highest BCUT2D eigenvalue weighted by molar-refractivity contribution is 5.81. The molecule has 0 aromatic carbocycles. The van der Waals surface area contributed by atoms with Crippen molar-refractivity contribution >= 4 is 30.0 Å². The minimum atomic E-state index is -1.23. The molecule has 29 heavy (non-hydrogen) atoms. The zero-order valence-corrected chi connectivity index (χ0v) is 17.2. The molecule has 0 aliphatic rings. The van der Waals surface area contributed by atoms with Crippen molar-refractivity contribution in [3.05, 3.63) is 0 Å². The van der Waals surface area contributed by atoms with Gasteiger partial charge in [-0.1, -0.05) is 0 Å². The van der Waals surface area contributed by atoms with Crippen LogP contribution in [0.25, 0.3) is 0 Å². The third-order valence-corrected chi connectivity index (χ3v) is 3.06. The number of nitrogens with one attached hydrogen (secondary N) is 1. The molecule has 0 aliphatic carbocycles. The number of rotatable bonds is 9. The van der Waals surface area contributed by atoms with Crippen LogP contribution in [0.15, 0.2) is 0 Å². The number of ether oxygens (including phenoxy) is 3. The Labute approximate surface area is 168 Å². The highest BCUT2D eigenvalue weighted by Crippen LogP contribution is 2.08. The van der Waals surface area contributed by atoms with Crippen molar-refractivity contribution in [1.82, 2.24) is 5.32 Å². The van der Waals surface area contributed by atoms with Gasteiger partial charge < -0.3 is 35.5 Å². The highest BCUT2D eigenvalue weighted by atomic mass is 16.6. The van der Waals surface area contributed by atoms with Gasteiger partial charge in [0.25, 0.3) is 0 Å². The summed E-state index contributed by atoms with van der Waals surface area (Å²) in [6.07, 6.45) is -0.823. The molecule has 0 heterocycles. The van der Waals surface area contributed by atoms with E-state index >= 15 is 0 Å². The topological polar surface area (TPSA) is 192 Å². The Morgan fingerprint density at radius 2 is 1.34 bits per heavy atom. The van der Waals surface area contributed by atoms with Gasteiger partial charge in [0, 0.05) is 12.8 Å². The molecule has 2 atom stereocenters. The van der Waals surface area contributed by atoms with E-state index in [-0.39, 0.29) is 25.7 Å². The maximum Gasteiger partial charge on any atom is 0.408 e. The number of hydrogen-bond acceptors (Lipinski definition) is 9. The van der Waals surface area contributed by atoms with Crippen molar-refractivity contribution in [3.63, 3.8) is 0 Å². The maximum atomic E-state index is 11.4. The van der Waals surface area contributed by atoms with Crippen LogP contribution < -0.4 is 11.1 Å². The van der Waals surface area contributed by atoms with E-state index in [4.69, 9.17) is 20.7 Å². The number of carboxylic acids is 2. The third-order valence-electron chi connectivity index (χ3n) is 3.06. The van der Waals surface area contributed by atoms with Gasteiger partial charge >= 0.3 is 30.0 Å². The van der Waals surface area contributed by atoms with E-state index in [2.05, 4.69) is 14.8 Å². The summed E-state index contributed by atoms with van der Waals surface area (Å²) >= 11 is 0. The molecule has 0 aromatic rings. The lowest BCUT2D eigenvalue weighted by atomic mass is 10.1. The number of nitrogens with two attached hydrogens (primary N) is 1. The van der Waals surface area contributed by atoms with Gasteiger partial charge in [0.15, 0.2) is 0 Å². The van der Waals surface area contributed by atoms with E-state index in [1.54, 1.807) is 20.8 Å². The molecule has 0 saturated carbocycles. The molecule has 12 heteroatoms. The summed E-state index contributed by atoms with van der Waals surface area (Å²) in [5, 5.41) is 19.4. The molecule has 0 fully saturated rings. The molecule has 12 nitrogen and oxygen atoms in total. The van der Waals surface area contributed by atoms with Crippen LogP contribution in [0.5, 0.6) is 0 Å². The molecule has 0 rings (SSSR count). The number of amides is 1. The Hall–Kier alpha value is -2.89. The molecule has 0 aromatic heterocycles. The standard InChI is InChI=1S/C11H19NO6.C6H11NO4/c1-11(2,3)18-10(16)12-7(9(14)15)5-6-8(13)17-4;1-11-5(8)3-2-4(7)6(9)10/h7H,5-6H2,1-4H3,(H,12,16)(H,14,15);4H,2-3,7H2,1H3,(H,9,10)/t7-;4-/m00/s1. The first-order valence-electron chi connectivity index (χ1n) is 8.57. The van der Waals surface area contributed by atoms with Crippen molar-refractivity contribution < 1.29 is 48.4 Å². The largest absolute Gasteiger partial charge is 0.480 e. The van der Waals surface area contributed by atoms with Gasteiger partial charge in [-0.05, 0) is 33.6 Å². The number of alkyl carbamates (subject to hydrolysis) is 1. The zero-order chi connectivity index (χ0) is 23.2. The molecule has 0 bridgehead atoms. The summed E-state index contributed by atoms with van der Waals surface area (Å²) in [6.45, 7) is 4.99. The van der Waals surface area contributed by atoms with Gasteiger partial charge in [0.05, 0.1) is 14.2 Å². The first-order valence-corrected chi connectivity index (χ1v) is 8.57. The van der Waals surface area contributed by atoms with Crippen LogP contribution in [0.1, 0.15) is 46.5 Å². The molecule has 0 aliphatic heterocycles. The average molecular weight is 422 g/mol. The molecule has 0 spiro atoms. The number of carboxylic acid groups (broad SMARTS) is 2. The first kappa shape index (κ1) is 28.3. The Balaban J connectivity index is 0. The lowest BCUT2D eigenvalue weighted by Gasteiger charge is -2.21. The fourth-order valence-corrected chi connectivity index (χ4v) is 1.57. The summed E-state index contributed by atoms with van der Waals surface area (Å²) in [4.78, 5) is 53.7. The molecule has 1 amide bonds. The molecular weight excluding hydrogens is 392 g/mol. The highest BCUT2D eigenvalue weighted by Gasteiger charge is 2.24. The lowest BCUT2D eigenvalue weighted by Crippen LogP contribution is -2.43. The zero-order valence-electron chi connectivity index (χ0n) is 17.2. The van der Waals surface area contributed by atoms with Gasteiger partial charge in [-0.15, -0.1) is 0 Å². The smallest absolute Gasteiger partial charge is 0.408 e. The van der Waals surface area contributed by atoms with Crippen LogP contribution in [-0.4, -0.2) is 72.1 Å². The van der Waals surface area contributed by atoms with Crippen LogP contribution in [0.4, 0.5) is 4.79 Å². The van der Waals surface area contributed by atoms with Gasteiger partial charge in [-0.25, -0.2) is 9.59 Å². The number of carbonyl (C=O) groups excluding carboxylic acids is 3. The lowest BCUT2D eigenvalue weighted by molar-refractivity contribution is -0.143. The van der Waals surface area contributed by atoms with Gasteiger partial charge in [0.2, 0.25) is 0 Å². The number of esters is 2. The van der Waals surface area contributed by atoms with E-state index < -0.39 is 47.7 Å². The summed E-state index contributed by atoms with van der Waals surface area (Å²) in [5.41, 5.74) is 4.40. The molecule has 0 saturated heterocycles. The number of carbonyl (C=O) groups is 5. The van der Waals surface area contributed by atoms with E-state index in [0.29, 0.717) is 0 Å². The first-order chi connectivity index (χ1) is 13.2. The number of hydrogen-bond donors (Lipinski definition) is 4. The summed E-state index contributed by atoms with van der Waals surface area (Å²) in [6, 6.07) is -2.16. The maximum absolute atomic E-state index is 11.4. The number of aliphatic carboxylic acids is 2. The predicted octanol–water partition coefficient (Wildman–Crippen LogP) is 0.269. The van der Waals surface area contributed by atoms with Crippen LogP contribution in [0.2, 0.25) is 0 Å². The van der Waals surface area contributed by atoms with E-state index in [9.17, 15) is 24.0 Å². The van der Waals surface area contributed by atoms with Crippen molar-refractivity contribution in [2.45, 2.75) is 64.1 Å². The minimum absolute atomic E-state index is 0.0456. The van der Waals surface area contributed by atoms with Crippen LogP contribution in [0.3, 0.4) is 0 Å². The van der Waals surface area contributed by atoms with E-state index in [1.165, 1.54) is 14.2 Å². The molecule has 168 valence electrons. The minimum Gasteiger partial charge on any atom is -0.480 e. The van der Waals surface area contributed by atoms with Gasteiger partial charge in [-0.3, -0.25) is 14.4 Å². The molecule has 0 unspecified atom stereocenters. The average Bonchev–Trinajstić information content (AvgIpc) is 2.60. The summed E-state index contributed by atoms with van der Waals surface area (Å²) in [7, 11) is 2.45. The number of methoxy groups -OCH3 is 2. The van der Waals surface area contributed by atoms with Crippen molar-refractivity contribution in [3.8, 4) is 0 Å². The normalized spacial score (nSPS) is 12.3. The Morgan fingerprint density at radius 3 is 1.69 bits per heavy atom. The fourth-order valence-electron chi connectivity index (χ4n) is 1.57. The van der Waals surface area contributed by atoms with Crippen LogP contribution in [0, 0.1) is 0 Å². The SMILES string of the molecule is COC(=O)CC[C@H](N)C(=O)O.COC(=O)CC[C@H](NC(=O)OC(C)(C)C)C(=O)O. The molecule has 0 radical (unpaired) electrons. The monoisotopic (exact) mass is 422 g/mol.